The van der Waals surface area contributed by atoms with Crippen LogP contribution in [0.25, 0.3) is 10.1 Å². The van der Waals surface area contributed by atoms with Crippen LogP contribution in [0.2, 0.25) is 0 Å². The number of nitrogens with one attached hydrogen (secondary N) is 1. The first-order chi connectivity index (χ1) is 9.04. The molecule has 2 rings (SSSR count). The van der Waals surface area contributed by atoms with Crippen molar-refractivity contribution in [3.63, 3.8) is 0 Å². The number of hydrogen-bond donors (Lipinski definition) is 2. The molecule has 0 fully saturated rings. The van der Waals surface area contributed by atoms with Gasteiger partial charge in [-0.25, -0.2) is 0 Å². The Hall–Kier alpha value is -1.11. The lowest BCUT2D eigenvalue weighted by molar-refractivity contribution is 0.0802. The molecule has 19 heavy (non-hydrogen) atoms. The van der Waals surface area contributed by atoms with Crippen molar-refractivity contribution >= 4 is 48.9 Å². The van der Waals surface area contributed by atoms with Gasteiger partial charge in [-0.2, -0.15) is 0 Å². The van der Waals surface area contributed by atoms with Crippen LogP contribution in [0, 0.1) is 0 Å². The van der Waals surface area contributed by atoms with Gasteiger partial charge in [0.25, 0.3) is 5.91 Å². The van der Waals surface area contributed by atoms with Gasteiger partial charge in [-0.15, -0.1) is 11.3 Å². The highest BCUT2D eigenvalue weighted by atomic mass is 79.9. The van der Waals surface area contributed by atoms with E-state index in [9.17, 15) is 4.79 Å². The molecule has 6 heteroatoms. The quantitative estimate of drug-likeness (QED) is 0.898. The molecule has 0 radical (unpaired) electrons. The Kier molecular flexibility index (Phi) is 4.44. The molecule has 0 aliphatic carbocycles. The topological polar surface area (TPSA) is 58.4 Å². The molecule has 0 saturated heterocycles. The number of amides is 1. The number of nitrogen functional groups attached to an aromatic ring is 1. The van der Waals surface area contributed by atoms with Crippen LogP contribution >= 0.6 is 27.3 Å². The number of benzene rings is 1. The number of nitrogens with zero attached hydrogens (tertiary/aromatic N) is 1. The van der Waals surface area contributed by atoms with E-state index in [0.29, 0.717) is 17.1 Å². The zero-order chi connectivity index (χ0) is 14.0. The number of rotatable bonds is 4. The Morgan fingerprint density at radius 1 is 1.53 bits per heavy atom. The summed E-state index contributed by atoms with van der Waals surface area (Å²) in [4.78, 5) is 14.6. The highest BCUT2D eigenvalue weighted by Gasteiger charge is 2.19. The fourth-order valence-electron chi connectivity index (χ4n) is 1.80. The van der Waals surface area contributed by atoms with Crippen LogP contribution in [-0.4, -0.2) is 38.0 Å². The van der Waals surface area contributed by atoms with Crippen LogP contribution in [-0.2, 0) is 0 Å². The third-order valence-electron chi connectivity index (χ3n) is 2.93. The van der Waals surface area contributed by atoms with Gasteiger partial charge >= 0.3 is 0 Å². The Bertz CT molecular complexity index is 611. The van der Waals surface area contributed by atoms with Crippen LogP contribution in [0.15, 0.2) is 22.7 Å². The van der Waals surface area contributed by atoms with E-state index in [0.717, 1.165) is 21.1 Å². The van der Waals surface area contributed by atoms with Gasteiger partial charge in [0.15, 0.2) is 0 Å². The smallest absolute Gasteiger partial charge is 0.265 e. The van der Waals surface area contributed by atoms with E-state index >= 15 is 0 Å². The molecule has 0 bridgehead atoms. The Balaban J connectivity index is 2.34. The lowest BCUT2D eigenvalue weighted by Gasteiger charge is -2.16. The molecular formula is C13H16BrN3OS. The first kappa shape index (κ1) is 14.3. The molecule has 4 nitrogen and oxygen atoms in total. The highest BCUT2D eigenvalue weighted by molar-refractivity contribution is 9.10. The predicted octanol–water partition coefficient (Wildman–Crippen LogP) is 2.54. The molecule has 2 aromatic rings. The summed E-state index contributed by atoms with van der Waals surface area (Å²) in [6.07, 6.45) is 0. The number of hydrogen-bond acceptors (Lipinski definition) is 4. The second kappa shape index (κ2) is 5.90. The lowest BCUT2D eigenvalue weighted by atomic mass is 10.2. The van der Waals surface area contributed by atoms with Crippen LogP contribution in [0.4, 0.5) is 5.69 Å². The van der Waals surface area contributed by atoms with E-state index in [4.69, 9.17) is 5.73 Å². The van der Waals surface area contributed by atoms with E-state index in [1.165, 1.54) is 11.3 Å². The maximum absolute atomic E-state index is 12.3. The van der Waals surface area contributed by atoms with Gasteiger partial charge in [-0.3, -0.25) is 4.79 Å². The molecule has 1 aromatic carbocycles. The van der Waals surface area contributed by atoms with Crippen molar-refractivity contribution < 1.29 is 4.79 Å². The number of carbonyl (C=O) groups is 1. The molecule has 1 amide bonds. The van der Waals surface area contributed by atoms with Crippen LogP contribution in [0.5, 0.6) is 0 Å². The Labute approximate surface area is 124 Å². The zero-order valence-corrected chi connectivity index (χ0v) is 13.3. The summed E-state index contributed by atoms with van der Waals surface area (Å²) in [5.41, 5.74) is 6.67. The summed E-state index contributed by atoms with van der Waals surface area (Å²) in [5.74, 6) is -0.0231. The van der Waals surface area contributed by atoms with E-state index in [1.807, 2.05) is 25.2 Å². The summed E-state index contributed by atoms with van der Waals surface area (Å²) in [6, 6.07) is 5.88. The van der Waals surface area contributed by atoms with Gasteiger partial charge in [0.05, 0.1) is 5.69 Å². The van der Waals surface area contributed by atoms with E-state index in [2.05, 4.69) is 21.2 Å². The van der Waals surface area contributed by atoms with Gasteiger partial charge in [-0.05, 0) is 25.2 Å². The summed E-state index contributed by atoms with van der Waals surface area (Å²) in [5, 5.41) is 3.96. The molecule has 1 aromatic heterocycles. The molecule has 0 aliphatic heterocycles. The number of likely N-dealkylation sites (N-methyl/N-ethyl adjacent to an activating group) is 2. The van der Waals surface area contributed by atoms with Crippen LogP contribution < -0.4 is 11.1 Å². The lowest BCUT2D eigenvalue weighted by Crippen LogP contribution is -2.32. The summed E-state index contributed by atoms with van der Waals surface area (Å²) in [7, 11) is 3.66. The summed E-state index contributed by atoms with van der Waals surface area (Å²) < 4.78 is 2.00. The number of thiophene rings is 1. The Morgan fingerprint density at radius 3 is 2.95 bits per heavy atom. The maximum atomic E-state index is 12.3. The SMILES string of the molecule is CNCCN(C)C(=O)c1sc2ccc(Br)cc2c1N. The van der Waals surface area contributed by atoms with Gasteiger partial charge in [0, 0.05) is 34.7 Å². The second-order valence-electron chi connectivity index (χ2n) is 4.32. The van der Waals surface area contributed by atoms with Crippen molar-refractivity contribution in [2.24, 2.45) is 0 Å². The van der Waals surface area contributed by atoms with E-state index < -0.39 is 0 Å². The van der Waals surface area contributed by atoms with Crippen molar-refractivity contribution in [1.29, 1.82) is 0 Å². The number of halogens is 1. The minimum absolute atomic E-state index is 0.0231. The van der Waals surface area contributed by atoms with E-state index in [-0.39, 0.29) is 5.91 Å². The molecule has 0 aliphatic rings. The second-order valence-corrected chi connectivity index (χ2v) is 6.28. The first-order valence-corrected chi connectivity index (χ1v) is 7.53. The third kappa shape index (κ3) is 2.91. The van der Waals surface area contributed by atoms with Gasteiger partial charge in [0.2, 0.25) is 0 Å². The highest BCUT2D eigenvalue weighted by Crippen LogP contribution is 2.35. The first-order valence-electron chi connectivity index (χ1n) is 5.92. The fourth-order valence-corrected chi connectivity index (χ4v) is 3.26. The predicted molar refractivity (Wildman–Crippen MR) is 84.8 cm³/mol. The van der Waals surface area contributed by atoms with Crippen molar-refractivity contribution in [2.75, 3.05) is 32.9 Å². The standard InChI is InChI=1S/C13H16BrN3OS/c1-16-5-6-17(2)13(18)12-11(15)9-7-8(14)3-4-10(9)19-12/h3-4,7,16H,5-6,15H2,1-2H3. The van der Waals surface area contributed by atoms with Crippen molar-refractivity contribution in [1.82, 2.24) is 10.2 Å². The van der Waals surface area contributed by atoms with Crippen LogP contribution in [0.1, 0.15) is 9.67 Å². The zero-order valence-electron chi connectivity index (χ0n) is 10.9. The average Bonchev–Trinajstić information content (AvgIpc) is 2.72. The minimum Gasteiger partial charge on any atom is -0.397 e. The van der Waals surface area contributed by atoms with Gasteiger partial charge in [0.1, 0.15) is 4.88 Å². The minimum atomic E-state index is -0.0231. The molecule has 3 N–H and O–H groups in total. The fraction of sp³-hybridized carbons (Fsp3) is 0.308. The molecule has 1 heterocycles. The third-order valence-corrected chi connectivity index (χ3v) is 4.59. The largest absolute Gasteiger partial charge is 0.397 e. The van der Waals surface area contributed by atoms with Crippen LogP contribution in [0.3, 0.4) is 0 Å². The number of carbonyl (C=O) groups excluding carboxylic acids is 1. The Morgan fingerprint density at radius 2 is 2.26 bits per heavy atom. The maximum Gasteiger partial charge on any atom is 0.265 e. The van der Waals surface area contributed by atoms with Crippen molar-refractivity contribution in [3.8, 4) is 0 Å². The molecule has 0 unspecified atom stereocenters. The number of nitrogens with two attached hydrogens (primary N) is 1. The number of fused-ring (bicyclic) bond motifs is 1. The summed E-state index contributed by atoms with van der Waals surface area (Å²) in [6.45, 7) is 1.42. The van der Waals surface area contributed by atoms with E-state index in [1.54, 1.807) is 11.9 Å². The summed E-state index contributed by atoms with van der Waals surface area (Å²) >= 11 is 4.87. The molecule has 0 spiro atoms. The molecular weight excluding hydrogens is 326 g/mol. The van der Waals surface area contributed by atoms with Crippen molar-refractivity contribution in [2.45, 2.75) is 0 Å². The number of anilines is 1. The van der Waals surface area contributed by atoms with Crippen molar-refractivity contribution in [3.05, 3.63) is 27.5 Å². The molecule has 0 atom stereocenters. The molecule has 0 saturated carbocycles. The van der Waals surface area contributed by atoms with Gasteiger partial charge < -0.3 is 16.0 Å². The monoisotopic (exact) mass is 341 g/mol. The van der Waals surface area contributed by atoms with Gasteiger partial charge in [-0.1, -0.05) is 15.9 Å². The molecule has 102 valence electrons. The average molecular weight is 342 g/mol. The normalized spacial score (nSPS) is 10.9.